The number of carbonyl (C=O) groups excluding carboxylic acids is 2. The Morgan fingerprint density at radius 3 is 1.50 bits per heavy atom. The van der Waals surface area contributed by atoms with Crippen LogP contribution in [0.4, 0.5) is 0 Å². The molecule has 1 heterocycles. The summed E-state index contributed by atoms with van der Waals surface area (Å²) in [6, 6.07) is 0. The van der Waals surface area contributed by atoms with Crippen LogP contribution >= 0.6 is 0 Å². The quantitative estimate of drug-likeness (QED) is 0.707. The number of nitrogens with zero attached hydrogens (tertiary/aromatic N) is 1. The van der Waals surface area contributed by atoms with Crippen molar-refractivity contribution in [2.45, 2.75) is 59.7 Å². The second-order valence-electron chi connectivity index (χ2n) is 8.21. The molecule has 0 spiro atoms. The lowest BCUT2D eigenvalue weighted by Crippen LogP contribution is -2.46. The fourth-order valence-corrected chi connectivity index (χ4v) is 1.88. The molecule has 0 unspecified atom stereocenters. The number of ether oxygens (including phenoxy) is 2. The molecule has 0 N–H and O–H groups in total. The first-order chi connectivity index (χ1) is 9.81. The first kappa shape index (κ1) is 18.8. The van der Waals surface area contributed by atoms with Crippen molar-refractivity contribution in [2.75, 3.05) is 19.8 Å². The Bertz CT molecular complexity index is 418. The number of hydrogen-bond acceptors (Lipinski definition) is 4. The van der Waals surface area contributed by atoms with E-state index in [1.165, 1.54) is 17.1 Å². The minimum atomic E-state index is -0.460. The molecular weight excluding hydrogens is 282 g/mol. The highest BCUT2D eigenvalue weighted by Gasteiger charge is 2.36. The molecule has 1 aliphatic heterocycles. The van der Waals surface area contributed by atoms with E-state index in [1.807, 2.05) is 48.5 Å². The molecule has 5 nitrogen and oxygen atoms in total. The fourth-order valence-electron chi connectivity index (χ4n) is 1.88. The molecule has 0 aromatic rings. The second-order valence-corrected chi connectivity index (χ2v) is 8.21. The maximum absolute atomic E-state index is 11.8. The average Bonchev–Trinajstić information content (AvgIpc) is 2.65. The van der Waals surface area contributed by atoms with Crippen molar-refractivity contribution in [1.29, 1.82) is 0 Å². The Morgan fingerprint density at radius 1 is 0.818 bits per heavy atom. The van der Waals surface area contributed by atoms with E-state index in [2.05, 4.69) is 0 Å². The summed E-state index contributed by atoms with van der Waals surface area (Å²) in [6.07, 6.45) is 2.61. The lowest BCUT2D eigenvalue weighted by Gasteiger charge is -2.37. The molecule has 0 atom stereocenters. The van der Waals surface area contributed by atoms with Gasteiger partial charge in [0.25, 0.3) is 11.8 Å². The highest BCUT2D eigenvalue weighted by Crippen LogP contribution is 2.26. The molecular formula is C17H29NO4. The predicted molar refractivity (Wildman–Crippen MR) is 85.4 cm³/mol. The van der Waals surface area contributed by atoms with Crippen LogP contribution in [-0.4, -0.2) is 47.7 Å². The van der Waals surface area contributed by atoms with Gasteiger partial charge in [-0.2, -0.15) is 0 Å². The molecule has 0 saturated heterocycles. The van der Waals surface area contributed by atoms with E-state index in [9.17, 15) is 9.59 Å². The van der Waals surface area contributed by atoms with Crippen LogP contribution in [0.3, 0.4) is 0 Å². The van der Waals surface area contributed by atoms with Gasteiger partial charge >= 0.3 is 0 Å². The molecule has 22 heavy (non-hydrogen) atoms. The average molecular weight is 311 g/mol. The number of rotatable bonds is 6. The predicted octanol–water partition coefficient (Wildman–Crippen LogP) is 2.55. The Hall–Kier alpha value is -1.20. The zero-order chi connectivity index (χ0) is 17.2. The van der Waals surface area contributed by atoms with Crippen molar-refractivity contribution < 1.29 is 19.1 Å². The summed E-state index contributed by atoms with van der Waals surface area (Å²) in [6.45, 7) is 14.9. The molecule has 0 saturated carbocycles. The van der Waals surface area contributed by atoms with Crippen LogP contribution in [0.1, 0.15) is 48.5 Å². The van der Waals surface area contributed by atoms with Crippen LogP contribution in [-0.2, 0) is 19.1 Å². The highest BCUT2D eigenvalue weighted by molar-refractivity contribution is 6.12. The van der Waals surface area contributed by atoms with E-state index in [-0.39, 0.29) is 29.6 Å². The lowest BCUT2D eigenvalue weighted by atomic mass is 9.91. The van der Waals surface area contributed by atoms with Gasteiger partial charge in [0.05, 0.1) is 24.4 Å². The molecule has 0 aromatic heterocycles. The third kappa shape index (κ3) is 6.28. The van der Waals surface area contributed by atoms with E-state index in [4.69, 9.17) is 9.47 Å². The minimum Gasteiger partial charge on any atom is -0.375 e. The third-order valence-corrected chi connectivity index (χ3v) is 3.15. The summed E-state index contributed by atoms with van der Waals surface area (Å²) in [7, 11) is 0. The number of carbonyl (C=O) groups is 2. The van der Waals surface area contributed by atoms with Gasteiger partial charge in [-0.3, -0.25) is 14.5 Å². The zero-order valence-corrected chi connectivity index (χ0v) is 14.9. The summed E-state index contributed by atoms with van der Waals surface area (Å²) in [5.74, 6) is -0.550. The van der Waals surface area contributed by atoms with Crippen molar-refractivity contribution in [3.8, 4) is 0 Å². The van der Waals surface area contributed by atoms with Gasteiger partial charge in [-0.15, -0.1) is 0 Å². The van der Waals surface area contributed by atoms with Crippen LogP contribution in [0, 0.1) is 5.41 Å². The molecule has 0 fully saturated rings. The first-order valence-electron chi connectivity index (χ1n) is 7.63. The molecule has 0 aromatic carbocycles. The van der Waals surface area contributed by atoms with Crippen molar-refractivity contribution in [3.05, 3.63) is 12.2 Å². The molecule has 5 heteroatoms. The zero-order valence-electron chi connectivity index (χ0n) is 14.9. The summed E-state index contributed by atoms with van der Waals surface area (Å²) in [5, 5.41) is 0. The van der Waals surface area contributed by atoms with Crippen LogP contribution in [0.15, 0.2) is 12.2 Å². The van der Waals surface area contributed by atoms with Crippen LogP contribution in [0.25, 0.3) is 0 Å². The lowest BCUT2D eigenvalue weighted by molar-refractivity contribution is -0.144. The molecule has 1 aliphatic rings. The minimum absolute atomic E-state index is 0.275. The molecule has 0 bridgehead atoms. The van der Waals surface area contributed by atoms with Gasteiger partial charge < -0.3 is 9.47 Å². The van der Waals surface area contributed by atoms with Gasteiger partial charge in [0.2, 0.25) is 0 Å². The third-order valence-electron chi connectivity index (χ3n) is 3.15. The largest absolute Gasteiger partial charge is 0.375 e. The number of hydrogen-bond donors (Lipinski definition) is 0. The van der Waals surface area contributed by atoms with Gasteiger partial charge in [0.1, 0.15) is 0 Å². The monoisotopic (exact) mass is 311 g/mol. The summed E-state index contributed by atoms with van der Waals surface area (Å²) < 4.78 is 11.8. The Morgan fingerprint density at radius 2 is 1.18 bits per heavy atom. The standard InChI is InChI=1S/C17H29NO4/c1-15(2,3)21-11-17(7,12-22-16(4,5)6)10-18-13(19)8-9-14(18)20/h8-9H,10-12H2,1-7H3. The van der Waals surface area contributed by atoms with Crippen molar-refractivity contribution in [2.24, 2.45) is 5.41 Å². The molecule has 0 radical (unpaired) electrons. The molecule has 1 rings (SSSR count). The van der Waals surface area contributed by atoms with Gasteiger partial charge in [0, 0.05) is 24.1 Å². The van der Waals surface area contributed by atoms with Crippen LogP contribution < -0.4 is 0 Å². The van der Waals surface area contributed by atoms with Crippen molar-refractivity contribution in [3.63, 3.8) is 0 Å². The summed E-state index contributed by atoms with van der Waals surface area (Å²) >= 11 is 0. The SMILES string of the molecule is CC(COC(C)(C)C)(COC(C)(C)C)CN1C(=O)C=CC1=O. The van der Waals surface area contributed by atoms with Gasteiger partial charge in [0.15, 0.2) is 0 Å². The van der Waals surface area contributed by atoms with Crippen LogP contribution in [0.5, 0.6) is 0 Å². The molecule has 0 aliphatic carbocycles. The number of amides is 2. The topological polar surface area (TPSA) is 55.8 Å². The van der Waals surface area contributed by atoms with E-state index < -0.39 is 5.41 Å². The Labute approximate surface area is 133 Å². The normalized spacial score (nSPS) is 16.8. The van der Waals surface area contributed by atoms with E-state index in [0.717, 1.165) is 0 Å². The summed E-state index contributed by atoms with van der Waals surface area (Å²) in [5.41, 5.74) is -1.04. The maximum atomic E-state index is 11.8. The van der Waals surface area contributed by atoms with Gasteiger partial charge in [-0.05, 0) is 41.5 Å². The maximum Gasteiger partial charge on any atom is 0.253 e. The number of imide groups is 1. The van der Waals surface area contributed by atoms with Gasteiger partial charge in [-0.25, -0.2) is 0 Å². The van der Waals surface area contributed by atoms with E-state index in [0.29, 0.717) is 13.2 Å². The molecule has 126 valence electrons. The highest BCUT2D eigenvalue weighted by atomic mass is 16.5. The smallest absolute Gasteiger partial charge is 0.253 e. The van der Waals surface area contributed by atoms with Crippen LogP contribution in [0.2, 0.25) is 0 Å². The Balaban J connectivity index is 2.80. The summed E-state index contributed by atoms with van der Waals surface area (Å²) in [4.78, 5) is 24.9. The molecule has 2 amide bonds. The fraction of sp³-hybridized carbons (Fsp3) is 0.765. The van der Waals surface area contributed by atoms with Crippen molar-refractivity contribution >= 4 is 11.8 Å². The van der Waals surface area contributed by atoms with Crippen molar-refractivity contribution in [1.82, 2.24) is 4.90 Å². The second kappa shape index (κ2) is 6.50. The Kier molecular flexibility index (Phi) is 5.57. The van der Waals surface area contributed by atoms with E-state index >= 15 is 0 Å². The first-order valence-corrected chi connectivity index (χ1v) is 7.63. The van der Waals surface area contributed by atoms with Gasteiger partial charge in [-0.1, -0.05) is 6.92 Å². The van der Waals surface area contributed by atoms with E-state index in [1.54, 1.807) is 0 Å².